The molecule has 1 atom stereocenters. The third kappa shape index (κ3) is 4.89. The number of hydrogen-bond donors (Lipinski definition) is 0. The molecule has 2 aliphatic rings. The van der Waals surface area contributed by atoms with E-state index in [0.29, 0.717) is 6.54 Å². The predicted octanol–water partition coefficient (Wildman–Crippen LogP) is 6.07. The van der Waals surface area contributed by atoms with Gasteiger partial charge < -0.3 is 14.4 Å². The fourth-order valence-corrected chi connectivity index (χ4v) is 5.57. The molecule has 0 saturated carbocycles. The van der Waals surface area contributed by atoms with Gasteiger partial charge in [0.05, 0.1) is 19.2 Å². The highest BCUT2D eigenvalue weighted by molar-refractivity contribution is 5.84. The lowest BCUT2D eigenvalue weighted by atomic mass is 10.00. The van der Waals surface area contributed by atoms with Gasteiger partial charge in [0.15, 0.2) is 0 Å². The molecule has 0 radical (unpaired) electrons. The quantitative estimate of drug-likeness (QED) is 0.326. The van der Waals surface area contributed by atoms with Crippen molar-refractivity contribution < 1.29 is 14.3 Å². The Morgan fingerprint density at radius 3 is 2.46 bits per heavy atom. The Hall–Kier alpha value is -3.90. The number of hydrogen-bond acceptors (Lipinski definition) is 5. The van der Waals surface area contributed by atoms with Gasteiger partial charge >= 0.3 is 6.09 Å². The van der Waals surface area contributed by atoms with E-state index < -0.39 is 0 Å². The summed E-state index contributed by atoms with van der Waals surface area (Å²) < 4.78 is 11.3. The van der Waals surface area contributed by atoms with Crippen molar-refractivity contribution in [2.45, 2.75) is 31.5 Å². The van der Waals surface area contributed by atoms with Gasteiger partial charge in [-0.3, -0.25) is 9.88 Å². The third-order valence-corrected chi connectivity index (χ3v) is 7.63. The number of carbonyl (C=O) groups is 1. The zero-order chi connectivity index (χ0) is 25.2. The number of amides is 1. The number of pyridine rings is 1. The van der Waals surface area contributed by atoms with Crippen LogP contribution in [-0.2, 0) is 11.3 Å². The summed E-state index contributed by atoms with van der Waals surface area (Å²) >= 11 is 0. The average Bonchev–Trinajstić information content (AvgIpc) is 3.35. The highest BCUT2D eigenvalue weighted by atomic mass is 16.6. The van der Waals surface area contributed by atoms with Crippen LogP contribution in [0.5, 0.6) is 5.75 Å². The summed E-state index contributed by atoms with van der Waals surface area (Å²) in [6.07, 6.45) is 3.17. The van der Waals surface area contributed by atoms with E-state index >= 15 is 0 Å². The lowest BCUT2D eigenvalue weighted by Gasteiger charge is -2.35. The number of fused-ring (bicyclic) bond motifs is 1. The van der Waals surface area contributed by atoms with E-state index in [9.17, 15) is 4.79 Å². The third-order valence-electron chi connectivity index (χ3n) is 7.63. The average molecular weight is 494 g/mol. The molecule has 3 heterocycles. The highest BCUT2D eigenvalue weighted by Gasteiger charge is 2.38. The number of piperidine rings is 1. The Balaban J connectivity index is 1.07. The Morgan fingerprint density at radius 1 is 0.946 bits per heavy atom. The summed E-state index contributed by atoms with van der Waals surface area (Å²) in [7, 11) is 1.65. The molecule has 6 rings (SSSR count). The van der Waals surface area contributed by atoms with Gasteiger partial charge in [0.25, 0.3) is 0 Å². The van der Waals surface area contributed by atoms with Crippen molar-refractivity contribution in [3.63, 3.8) is 0 Å². The number of likely N-dealkylation sites (tertiary alicyclic amines) is 1. The van der Waals surface area contributed by atoms with Crippen LogP contribution in [0.3, 0.4) is 0 Å². The van der Waals surface area contributed by atoms with Crippen LogP contribution in [0.25, 0.3) is 22.0 Å². The molecule has 2 fully saturated rings. The molecule has 0 spiro atoms. The fourth-order valence-electron chi connectivity index (χ4n) is 5.57. The van der Waals surface area contributed by atoms with Crippen LogP contribution < -0.4 is 4.74 Å². The van der Waals surface area contributed by atoms with E-state index in [-0.39, 0.29) is 18.2 Å². The first kappa shape index (κ1) is 23.5. The van der Waals surface area contributed by atoms with Gasteiger partial charge in [-0.2, -0.15) is 0 Å². The summed E-state index contributed by atoms with van der Waals surface area (Å²) in [5.74, 6) is 0.769. The monoisotopic (exact) mass is 493 g/mol. The number of rotatable bonds is 6. The van der Waals surface area contributed by atoms with E-state index in [0.717, 1.165) is 54.7 Å². The summed E-state index contributed by atoms with van der Waals surface area (Å²) in [4.78, 5) is 21.8. The molecule has 2 aliphatic heterocycles. The normalized spacial score (nSPS) is 18.8. The molecule has 0 N–H and O–H groups in total. The van der Waals surface area contributed by atoms with Crippen LogP contribution in [-0.4, -0.2) is 53.7 Å². The van der Waals surface area contributed by atoms with Crippen molar-refractivity contribution in [3.05, 3.63) is 96.2 Å². The predicted molar refractivity (Wildman–Crippen MR) is 144 cm³/mol. The van der Waals surface area contributed by atoms with E-state index in [2.05, 4.69) is 58.4 Å². The maximum Gasteiger partial charge on any atom is 0.410 e. The minimum absolute atomic E-state index is 0.205. The number of benzene rings is 3. The highest BCUT2D eigenvalue weighted by Crippen LogP contribution is 2.35. The van der Waals surface area contributed by atoms with Gasteiger partial charge in [-0.15, -0.1) is 0 Å². The molecule has 6 nitrogen and oxygen atoms in total. The number of aromatic nitrogens is 1. The second kappa shape index (κ2) is 10.2. The smallest absolute Gasteiger partial charge is 0.410 e. The first-order valence-corrected chi connectivity index (χ1v) is 12.9. The molecule has 0 bridgehead atoms. The molecule has 2 saturated heterocycles. The van der Waals surface area contributed by atoms with Gasteiger partial charge in [0.2, 0.25) is 0 Å². The van der Waals surface area contributed by atoms with Gasteiger partial charge in [0.1, 0.15) is 11.9 Å². The van der Waals surface area contributed by atoms with E-state index in [1.807, 2.05) is 35.2 Å². The van der Waals surface area contributed by atoms with Gasteiger partial charge in [-0.05, 0) is 53.8 Å². The molecular weight excluding hydrogens is 462 g/mol. The van der Waals surface area contributed by atoms with Gasteiger partial charge in [-0.1, -0.05) is 54.6 Å². The maximum atomic E-state index is 12.9. The van der Waals surface area contributed by atoms with Crippen LogP contribution in [0, 0.1) is 0 Å². The zero-order valence-electron chi connectivity index (χ0n) is 21.0. The summed E-state index contributed by atoms with van der Waals surface area (Å²) in [6, 6.07) is 27.3. The lowest BCUT2D eigenvalue weighted by Crippen LogP contribution is -2.45. The molecule has 4 aromatic rings. The molecule has 1 aromatic heterocycles. The second-order valence-electron chi connectivity index (χ2n) is 9.88. The Morgan fingerprint density at radius 2 is 1.70 bits per heavy atom. The number of carbonyl (C=O) groups excluding carboxylic acids is 1. The SMILES string of the molecule is COc1ccc2nccc(C3CN(C4CCN(Cc5ccc(-c6ccccc6)cc5)CC4)C(=O)O3)c2c1. The van der Waals surface area contributed by atoms with E-state index in [1.54, 1.807) is 13.3 Å². The van der Waals surface area contributed by atoms with Crippen LogP contribution in [0.15, 0.2) is 85.1 Å². The van der Waals surface area contributed by atoms with E-state index in [1.165, 1.54) is 16.7 Å². The Bertz CT molecular complexity index is 1380. The number of cyclic esters (lactones) is 1. The van der Waals surface area contributed by atoms with Crippen molar-refractivity contribution in [1.82, 2.24) is 14.8 Å². The second-order valence-corrected chi connectivity index (χ2v) is 9.88. The minimum Gasteiger partial charge on any atom is -0.497 e. The molecule has 37 heavy (non-hydrogen) atoms. The molecule has 1 unspecified atom stereocenters. The maximum absolute atomic E-state index is 12.9. The standard InChI is InChI=1S/C31H31N3O3/c1-36-26-11-12-29-28(19-26)27(13-16-32-29)30-21-34(31(35)37-30)25-14-17-33(18-15-25)20-22-7-9-24(10-8-22)23-5-3-2-4-6-23/h2-13,16,19,25,30H,14-15,17-18,20-21H2,1H3. The molecule has 0 aliphatic carbocycles. The van der Waals surface area contributed by atoms with Crippen molar-refractivity contribution in [2.24, 2.45) is 0 Å². The molecule has 188 valence electrons. The van der Waals surface area contributed by atoms with E-state index in [4.69, 9.17) is 9.47 Å². The molecular formula is C31H31N3O3. The molecule has 6 heteroatoms. The summed E-state index contributed by atoms with van der Waals surface area (Å²) in [5, 5.41) is 0.967. The first-order valence-electron chi connectivity index (χ1n) is 12.9. The van der Waals surface area contributed by atoms with Crippen LogP contribution >= 0.6 is 0 Å². The summed E-state index contributed by atoms with van der Waals surface area (Å²) in [6.45, 7) is 3.43. The molecule has 3 aromatic carbocycles. The number of methoxy groups -OCH3 is 1. The van der Waals surface area contributed by atoms with Crippen molar-refractivity contribution in [2.75, 3.05) is 26.7 Å². The van der Waals surface area contributed by atoms with Crippen molar-refractivity contribution in [1.29, 1.82) is 0 Å². The number of nitrogens with zero attached hydrogens (tertiary/aromatic N) is 3. The van der Waals surface area contributed by atoms with Crippen LogP contribution in [0.1, 0.15) is 30.1 Å². The Labute approximate surface area is 217 Å². The fraction of sp³-hybridized carbons (Fsp3) is 0.290. The topological polar surface area (TPSA) is 54.9 Å². The molecule has 1 amide bonds. The largest absolute Gasteiger partial charge is 0.497 e. The lowest BCUT2D eigenvalue weighted by molar-refractivity contribution is 0.110. The number of ether oxygens (including phenoxy) is 2. The summed E-state index contributed by atoms with van der Waals surface area (Å²) in [5.41, 5.74) is 5.66. The zero-order valence-corrected chi connectivity index (χ0v) is 21.0. The van der Waals surface area contributed by atoms with Gasteiger partial charge in [-0.25, -0.2) is 4.79 Å². The minimum atomic E-state index is -0.300. The first-order chi connectivity index (χ1) is 18.2. The van der Waals surface area contributed by atoms with Crippen LogP contribution in [0.4, 0.5) is 4.79 Å². The van der Waals surface area contributed by atoms with Crippen LogP contribution in [0.2, 0.25) is 0 Å². The van der Waals surface area contributed by atoms with Gasteiger partial charge in [0, 0.05) is 42.8 Å². The Kier molecular flexibility index (Phi) is 6.49. The van der Waals surface area contributed by atoms with Crippen molar-refractivity contribution in [3.8, 4) is 16.9 Å². The van der Waals surface area contributed by atoms with Crippen molar-refractivity contribution >= 4 is 17.0 Å².